The molecule has 0 spiro atoms. The van der Waals surface area contributed by atoms with Crippen LogP contribution in [0.1, 0.15) is 82.3 Å². The van der Waals surface area contributed by atoms with E-state index in [1.54, 1.807) is 27.8 Å². The van der Waals surface area contributed by atoms with E-state index in [0.29, 0.717) is 0 Å². The van der Waals surface area contributed by atoms with Crippen molar-refractivity contribution in [1.82, 2.24) is 34.1 Å². The van der Waals surface area contributed by atoms with E-state index in [1.807, 2.05) is 14.1 Å². The lowest BCUT2D eigenvalue weighted by atomic mass is 9.99. The van der Waals surface area contributed by atoms with E-state index in [2.05, 4.69) is 47.2 Å². The highest BCUT2D eigenvalue weighted by atomic mass is 32.2. The number of hydrogen-bond donors (Lipinski definition) is 3. The van der Waals surface area contributed by atoms with Crippen LogP contribution in [-0.2, 0) is 76.2 Å². The molecule has 18 heteroatoms. The van der Waals surface area contributed by atoms with Gasteiger partial charge in [-0.3, -0.25) is 9.36 Å². The molecule has 4 aliphatic carbocycles. The summed E-state index contributed by atoms with van der Waals surface area (Å²) in [5, 5.41) is 15.7. The van der Waals surface area contributed by atoms with Gasteiger partial charge in [-0.15, -0.1) is 0 Å². The van der Waals surface area contributed by atoms with Gasteiger partial charge in [-0.25, -0.2) is 27.9 Å². The normalized spacial score (nSPS) is 18.6. The SMILES string of the molecule is CN1CC(n2ccc(S(=O)(=O)NC(=O)Nc3c4c(cc5c3CCC5)CCC4)n2)C1.CN1CC(n2ccc(S(N)(=O)=O)n2)C1.O=C=Nc1c2c(cc3c1CCC3)CCC2. The molecule has 2 aliphatic heterocycles. The molecule has 6 aliphatic rings. The van der Waals surface area contributed by atoms with Crippen molar-refractivity contribution in [3.05, 3.63) is 81.2 Å². The third-order valence-corrected chi connectivity index (χ3v) is 14.1. The summed E-state index contributed by atoms with van der Waals surface area (Å²) in [4.78, 5) is 31.3. The van der Waals surface area contributed by atoms with Crippen molar-refractivity contribution >= 4 is 43.5 Å². The number of amides is 2. The number of nitrogens with two attached hydrogens (primary N) is 1. The minimum atomic E-state index is -4.03. The Morgan fingerprint density at radius 3 is 1.57 bits per heavy atom. The molecule has 0 atom stereocenters. The lowest BCUT2D eigenvalue weighted by Gasteiger charge is -2.36. The average molecular weight is 831 g/mol. The molecule has 0 radical (unpaired) electrons. The number of nitrogens with zero attached hydrogens (tertiary/aromatic N) is 7. The zero-order chi connectivity index (χ0) is 40.8. The van der Waals surface area contributed by atoms with E-state index >= 15 is 0 Å². The first-order chi connectivity index (χ1) is 27.8. The monoisotopic (exact) mass is 830 g/mol. The fraction of sp³-hybridized carbons (Fsp3) is 0.500. The van der Waals surface area contributed by atoms with E-state index < -0.39 is 26.1 Å². The maximum Gasteiger partial charge on any atom is 0.333 e. The quantitative estimate of drug-likeness (QED) is 0.183. The van der Waals surface area contributed by atoms with Gasteiger partial charge in [-0.05, 0) is 148 Å². The first-order valence-electron chi connectivity index (χ1n) is 20.0. The zero-order valence-electron chi connectivity index (χ0n) is 32.9. The standard InChI is InChI=1S/C20H25N5O3S.C13H13NO.C7H12N4O2S/c1-24-11-15(12-24)25-9-8-18(22-25)29(27,28)23-20(26)21-19-16-6-2-4-13(16)10-14-5-3-7-17(14)19;15-8-14-13-11-5-1-3-9(11)7-10-4-2-6-12(10)13;1-10-4-6(5-10)11-3-2-7(9-11)14(8,12)13/h8-10,15H,2-7,11-12H2,1H3,(H2,21,23,26);7H,1-6H2;2-3,6H,4-5H2,1H3,(H2,8,12,13). The van der Waals surface area contributed by atoms with E-state index in [0.717, 1.165) is 113 Å². The van der Waals surface area contributed by atoms with Crippen LogP contribution in [0.3, 0.4) is 0 Å². The lowest BCUT2D eigenvalue weighted by molar-refractivity contribution is 0.129. The van der Waals surface area contributed by atoms with Crippen LogP contribution in [0.15, 0.2) is 51.7 Å². The Labute approximate surface area is 339 Å². The molecule has 10 rings (SSSR count). The summed E-state index contributed by atoms with van der Waals surface area (Å²) in [6, 6.07) is 7.20. The van der Waals surface area contributed by atoms with Crippen LogP contribution in [0, 0.1) is 0 Å². The summed E-state index contributed by atoms with van der Waals surface area (Å²) in [5.41, 5.74) is 12.2. The van der Waals surface area contributed by atoms with Crippen molar-refractivity contribution in [2.45, 2.75) is 99.2 Å². The zero-order valence-corrected chi connectivity index (χ0v) is 34.5. The van der Waals surface area contributed by atoms with Crippen molar-refractivity contribution in [3.63, 3.8) is 0 Å². The van der Waals surface area contributed by atoms with Crippen molar-refractivity contribution in [3.8, 4) is 0 Å². The number of nitrogens with one attached hydrogen (secondary N) is 2. The number of aryl methyl sites for hydroxylation is 4. The molecule has 4 aromatic rings. The third-order valence-electron chi connectivity index (χ3n) is 12.1. The topological polar surface area (TPSA) is 207 Å². The Kier molecular flexibility index (Phi) is 11.2. The smallest absolute Gasteiger partial charge is 0.307 e. The molecule has 0 saturated carbocycles. The van der Waals surface area contributed by atoms with Gasteiger partial charge in [0.2, 0.25) is 6.08 Å². The van der Waals surface area contributed by atoms with Crippen molar-refractivity contribution in [2.24, 2.45) is 10.1 Å². The van der Waals surface area contributed by atoms with E-state index in [1.165, 1.54) is 58.4 Å². The van der Waals surface area contributed by atoms with Gasteiger partial charge in [0, 0.05) is 44.3 Å². The molecule has 0 bridgehead atoms. The largest absolute Gasteiger partial charge is 0.333 e. The predicted molar refractivity (Wildman–Crippen MR) is 217 cm³/mol. The highest BCUT2D eigenvalue weighted by Gasteiger charge is 2.30. The predicted octanol–water partition coefficient (Wildman–Crippen LogP) is 3.51. The number of isocyanates is 1. The number of primary sulfonamides is 1. The second-order valence-electron chi connectivity index (χ2n) is 16.3. The molecule has 58 heavy (non-hydrogen) atoms. The molecule has 2 fully saturated rings. The van der Waals surface area contributed by atoms with Crippen LogP contribution in [0.5, 0.6) is 0 Å². The Morgan fingerprint density at radius 2 is 1.14 bits per heavy atom. The molecule has 2 aromatic carbocycles. The second kappa shape index (κ2) is 16.2. The summed E-state index contributed by atoms with van der Waals surface area (Å²) in [5.74, 6) is 0. The van der Waals surface area contributed by atoms with Crippen LogP contribution in [0.4, 0.5) is 16.2 Å². The maximum absolute atomic E-state index is 12.6. The molecule has 4 heterocycles. The fourth-order valence-corrected chi connectivity index (χ4v) is 10.6. The summed E-state index contributed by atoms with van der Waals surface area (Å²) < 4.78 is 52.6. The van der Waals surface area contributed by atoms with Gasteiger partial charge in [0.15, 0.2) is 10.1 Å². The molecule has 16 nitrogen and oxygen atoms in total. The van der Waals surface area contributed by atoms with Gasteiger partial charge >= 0.3 is 6.03 Å². The number of likely N-dealkylation sites (N-methyl/N-ethyl adjacent to an activating group) is 2. The lowest BCUT2D eigenvalue weighted by Crippen LogP contribution is -2.45. The van der Waals surface area contributed by atoms with Gasteiger partial charge in [0.1, 0.15) is 0 Å². The number of anilines is 1. The van der Waals surface area contributed by atoms with Gasteiger partial charge in [-0.2, -0.15) is 23.6 Å². The molecule has 2 amide bonds. The maximum atomic E-state index is 12.6. The summed E-state index contributed by atoms with van der Waals surface area (Å²) >= 11 is 0. The first-order valence-corrected chi connectivity index (χ1v) is 23.0. The Morgan fingerprint density at radius 1 is 0.707 bits per heavy atom. The van der Waals surface area contributed by atoms with Gasteiger partial charge < -0.3 is 15.1 Å². The van der Waals surface area contributed by atoms with Crippen LogP contribution in [0.25, 0.3) is 0 Å². The number of benzene rings is 2. The minimum absolute atomic E-state index is 0.0629. The molecular formula is C40H50N10O6S2. The Hall–Kier alpha value is -4.71. The third kappa shape index (κ3) is 8.26. The van der Waals surface area contributed by atoms with Gasteiger partial charge in [-0.1, -0.05) is 12.1 Å². The van der Waals surface area contributed by atoms with Crippen LogP contribution in [0.2, 0.25) is 0 Å². The highest BCUT2D eigenvalue weighted by Crippen LogP contribution is 2.40. The van der Waals surface area contributed by atoms with Crippen molar-refractivity contribution < 1.29 is 26.4 Å². The van der Waals surface area contributed by atoms with Crippen LogP contribution in [-0.4, -0.2) is 98.6 Å². The van der Waals surface area contributed by atoms with Crippen LogP contribution < -0.4 is 15.2 Å². The Bertz CT molecular complexity index is 2450. The van der Waals surface area contributed by atoms with Gasteiger partial charge in [0.25, 0.3) is 20.0 Å². The number of carbonyl (C=O) groups excluding carboxylic acids is 2. The number of rotatable bonds is 7. The molecule has 2 aromatic heterocycles. The number of sulfonamides is 2. The molecule has 2 saturated heterocycles. The Balaban J connectivity index is 0.000000135. The van der Waals surface area contributed by atoms with Crippen molar-refractivity contribution in [2.75, 3.05) is 45.6 Å². The summed E-state index contributed by atoms with van der Waals surface area (Å²) in [7, 11) is -3.68. The number of likely N-dealkylation sites (tertiary alicyclic amines) is 2. The number of aliphatic imine (C=N–C) groups is 1. The summed E-state index contributed by atoms with van der Waals surface area (Å²) in [6.07, 6.45) is 17.9. The number of hydrogen-bond acceptors (Lipinski definition) is 11. The van der Waals surface area contributed by atoms with Crippen molar-refractivity contribution in [1.29, 1.82) is 0 Å². The molecule has 4 N–H and O–H groups in total. The van der Waals surface area contributed by atoms with Crippen LogP contribution >= 0.6 is 0 Å². The molecule has 0 unspecified atom stereocenters. The first kappa shape index (κ1) is 40.1. The fourth-order valence-electron chi connectivity index (χ4n) is 9.26. The average Bonchev–Trinajstić information content (AvgIpc) is 3.99. The second-order valence-corrected chi connectivity index (χ2v) is 19.4. The number of aromatic nitrogens is 4. The summed E-state index contributed by atoms with van der Waals surface area (Å²) in [6.45, 7) is 3.45. The number of carbonyl (C=O) groups is 1. The molecule has 308 valence electrons. The van der Waals surface area contributed by atoms with E-state index in [-0.39, 0.29) is 22.1 Å². The number of fused-ring (bicyclic) bond motifs is 4. The number of urea groups is 1. The van der Waals surface area contributed by atoms with E-state index in [9.17, 15) is 26.4 Å². The highest BCUT2D eigenvalue weighted by molar-refractivity contribution is 7.90. The minimum Gasteiger partial charge on any atom is -0.307 e. The van der Waals surface area contributed by atoms with E-state index in [4.69, 9.17) is 5.14 Å². The molecular weight excluding hydrogens is 781 g/mol. The van der Waals surface area contributed by atoms with Gasteiger partial charge in [0.05, 0.1) is 17.8 Å².